The van der Waals surface area contributed by atoms with Crippen LogP contribution in [0.3, 0.4) is 0 Å². The number of aliphatic hydroxyl groups excluding tert-OH is 1. The van der Waals surface area contributed by atoms with Crippen LogP contribution in [0, 0.1) is 5.92 Å². The zero-order valence-electron chi connectivity index (χ0n) is 5.49. The number of nitrogens with zero attached hydrogens (tertiary/aromatic N) is 1. The first-order chi connectivity index (χ1) is 4.30. The molecule has 1 aliphatic rings. The summed E-state index contributed by atoms with van der Waals surface area (Å²) in [5.74, 6) is 0.280. The molecule has 1 N–H and O–H groups in total. The van der Waals surface area contributed by atoms with Gasteiger partial charge in [-0.2, -0.15) is 0 Å². The molecule has 50 valence electrons. The molecule has 9 heavy (non-hydrogen) atoms. The Morgan fingerprint density at radius 1 is 1.78 bits per heavy atom. The van der Waals surface area contributed by atoms with E-state index in [0.29, 0.717) is 0 Å². The van der Waals surface area contributed by atoms with Crippen LogP contribution in [0.5, 0.6) is 0 Å². The van der Waals surface area contributed by atoms with E-state index >= 15 is 0 Å². The van der Waals surface area contributed by atoms with Crippen LogP contribution in [0.15, 0.2) is 17.3 Å². The van der Waals surface area contributed by atoms with E-state index in [4.69, 9.17) is 5.11 Å². The highest BCUT2D eigenvalue weighted by Crippen LogP contribution is 2.11. The van der Waals surface area contributed by atoms with Crippen molar-refractivity contribution in [1.29, 1.82) is 0 Å². The molecule has 2 atom stereocenters. The van der Waals surface area contributed by atoms with Crippen molar-refractivity contribution in [1.82, 2.24) is 0 Å². The number of rotatable bonds is 1. The number of aliphatic hydroxyl groups is 1. The predicted octanol–water partition coefficient (Wildman–Crippen LogP) is 0.972. The van der Waals surface area contributed by atoms with Gasteiger partial charge < -0.3 is 5.11 Å². The van der Waals surface area contributed by atoms with Crippen molar-refractivity contribution in [3.8, 4) is 0 Å². The molecule has 2 heteroatoms. The second kappa shape index (κ2) is 2.78. The summed E-state index contributed by atoms with van der Waals surface area (Å²) in [6, 6.07) is 0. The summed E-state index contributed by atoms with van der Waals surface area (Å²) in [4.78, 5) is 3.89. The fraction of sp³-hybridized carbons (Fsp3) is 0.571. The summed E-state index contributed by atoms with van der Waals surface area (Å²) in [6.07, 6.45) is 6.13. The minimum Gasteiger partial charge on any atom is -0.393 e. The van der Waals surface area contributed by atoms with Gasteiger partial charge in [-0.15, -0.1) is 0 Å². The highest BCUT2D eigenvalue weighted by atomic mass is 16.3. The molecule has 1 heterocycles. The van der Waals surface area contributed by atoms with Crippen molar-refractivity contribution in [2.45, 2.75) is 19.4 Å². The van der Waals surface area contributed by atoms with E-state index in [1.54, 1.807) is 13.1 Å². The summed E-state index contributed by atoms with van der Waals surface area (Å²) in [6.45, 7) is 1.80. The van der Waals surface area contributed by atoms with Crippen LogP contribution in [0.25, 0.3) is 0 Å². The highest BCUT2D eigenvalue weighted by molar-refractivity contribution is 5.60. The topological polar surface area (TPSA) is 32.6 Å². The van der Waals surface area contributed by atoms with Gasteiger partial charge in [-0.3, -0.25) is 4.99 Å². The Morgan fingerprint density at radius 2 is 2.56 bits per heavy atom. The maximum Gasteiger partial charge on any atom is 0.0578 e. The van der Waals surface area contributed by atoms with E-state index in [0.717, 1.165) is 6.42 Å². The zero-order valence-corrected chi connectivity index (χ0v) is 5.49. The summed E-state index contributed by atoms with van der Waals surface area (Å²) < 4.78 is 0. The third-order valence-corrected chi connectivity index (χ3v) is 1.52. The summed E-state index contributed by atoms with van der Waals surface area (Å²) in [5.41, 5.74) is 0. The third kappa shape index (κ3) is 1.64. The van der Waals surface area contributed by atoms with Gasteiger partial charge in [-0.25, -0.2) is 0 Å². The summed E-state index contributed by atoms with van der Waals surface area (Å²) >= 11 is 0. The minimum atomic E-state index is -0.243. The fourth-order valence-electron chi connectivity index (χ4n) is 0.840. The highest BCUT2D eigenvalue weighted by Gasteiger charge is 2.10. The van der Waals surface area contributed by atoms with Gasteiger partial charge in [0.2, 0.25) is 0 Å². The maximum absolute atomic E-state index is 9.06. The average Bonchev–Trinajstić information content (AvgIpc) is 1.90. The van der Waals surface area contributed by atoms with Crippen molar-refractivity contribution >= 4 is 6.21 Å². The van der Waals surface area contributed by atoms with E-state index in [9.17, 15) is 0 Å². The lowest BCUT2D eigenvalue weighted by Gasteiger charge is -2.14. The number of hydrogen-bond acceptors (Lipinski definition) is 2. The lowest BCUT2D eigenvalue weighted by atomic mass is 9.99. The van der Waals surface area contributed by atoms with Crippen molar-refractivity contribution in [2.75, 3.05) is 0 Å². The Bertz CT molecular complexity index is 138. The molecule has 0 saturated heterocycles. The van der Waals surface area contributed by atoms with Crippen LogP contribution in [0.2, 0.25) is 0 Å². The maximum atomic E-state index is 9.06. The first-order valence-corrected chi connectivity index (χ1v) is 3.17. The van der Waals surface area contributed by atoms with E-state index < -0.39 is 0 Å². The van der Waals surface area contributed by atoms with E-state index in [2.05, 4.69) is 4.99 Å². The first kappa shape index (κ1) is 6.49. The normalized spacial score (nSPS) is 28.4. The van der Waals surface area contributed by atoms with E-state index in [1.165, 1.54) is 0 Å². The molecule has 0 aromatic heterocycles. The van der Waals surface area contributed by atoms with Crippen molar-refractivity contribution in [3.05, 3.63) is 12.3 Å². The molecule has 2 nitrogen and oxygen atoms in total. The Morgan fingerprint density at radius 3 is 2.89 bits per heavy atom. The molecule has 1 rings (SSSR count). The van der Waals surface area contributed by atoms with E-state index in [1.807, 2.05) is 12.3 Å². The van der Waals surface area contributed by atoms with Gasteiger partial charge in [0.1, 0.15) is 0 Å². The molecule has 0 fully saturated rings. The van der Waals surface area contributed by atoms with Crippen LogP contribution in [-0.4, -0.2) is 17.4 Å². The molecular formula is C7H11NO. The van der Waals surface area contributed by atoms with Crippen molar-refractivity contribution in [2.24, 2.45) is 10.9 Å². The van der Waals surface area contributed by atoms with Crippen LogP contribution in [0.1, 0.15) is 13.3 Å². The molecule has 0 aliphatic carbocycles. The summed E-state index contributed by atoms with van der Waals surface area (Å²) in [5, 5.41) is 9.06. The second-order valence-electron chi connectivity index (χ2n) is 2.31. The van der Waals surface area contributed by atoms with E-state index in [-0.39, 0.29) is 12.0 Å². The quantitative estimate of drug-likeness (QED) is 0.556. The first-order valence-electron chi connectivity index (χ1n) is 3.17. The lowest BCUT2D eigenvalue weighted by molar-refractivity contribution is 0.152. The molecule has 0 bridgehead atoms. The van der Waals surface area contributed by atoms with Gasteiger partial charge in [0.05, 0.1) is 6.10 Å². The van der Waals surface area contributed by atoms with Crippen molar-refractivity contribution < 1.29 is 5.11 Å². The molecule has 0 saturated carbocycles. The van der Waals surface area contributed by atoms with Gasteiger partial charge in [0.25, 0.3) is 0 Å². The van der Waals surface area contributed by atoms with Gasteiger partial charge in [0.15, 0.2) is 0 Å². The van der Waals surface area contributed by atoms with Gasteiger partial charge in [-0.05, 0) is 13.3 Å². The van der Waals surface area contributed by atoms with Gasteiger partial charge >= 0.3 is 0 Å². The Balaban J connectivity index is 2.46. The molecule has 0 spiro atoms. The van der Waals surface area contributed by atoms with Crippen molar-refractivity contribution in [3.63, 3.8) is 0 Å². The Labute approximate surface area is 54.9 Å². The van der Waals surface area contributed by atoms with Gasteiger partial charge in [0, 0.05) is 18.3 Å². The van der Waals surface area contributed by atoms with Gasteiger partial charge in [-0.1, -0.05) is 6.08 Å². The molecule has 0 radical (unpaired) electrons. The Hall–Kier alpha value is -0.630. The Kier molecular flexibility index (Phi) is 2.01. The average molecular weight is 125 g/mol. The lowest BCUT2D eigenvalue weighted by Crippen LogP contribution is -2.15. The second-order valence-corrected chi connectivity index (χ2v) is 2.31. The predicted molar refractivity (Wildman–Crippen MR) is 37.4 cm³/mol. The molecule has 1 aliphatic heterocycles. The fourth-order valence-corrected chi connectivity index (χ4v) is 0.840. The molecule has 0 amide bonds. The van der Waals surface area contributed by atoms with Crippen LogP contribution in [0.4, 0.5) is 0 Å². The van der Waals surface area contributed by atoms with Crippen LogP contribution in [-0.2, 0) is 0 Å². The SMILES string of the molecule is CC(O)C1C=CN=CC1. The zero-order chi connectivity index (χ0) is 6.69. The molecule has 0 aromatic carbocycles. The van der Waals surface area contributed by atoms with Crippen LogP contribution < -0.4 is 0 Å². The van der Waals surface area contributed by atoms with Crippen LogP contribution >= 0.6 is 0 Å². The monoisotopic (exact) mass is 125 g/mol. The molecular weight excluding hydrogens is 114 g/mol. The number of aliphatic imine (C=N–C) groups is 1. The standard InChI is InChI=1S/C7H11NO/c1-6(9)7-2-4-8-5-3-7/h2,4-7,9H,3H2,1H3. The molecule has 0 aromatic rings. The number of hydrogen-bond donors (Lipinski definition) is 1. The smallest absolute Gasteiger partial charge is 0.0578 e. The largest absolute Gasteiger partial charge is 0.393 e. The summed E-state index contributed by atoms with van der Waals surface area (Å²) in [7, 11) is 0. The minimum absolute atomic E-state index is 0.243. The molecule has 2 unspecified atom stereocenters. The third-order valence-electron chi connectivity index (χ3n) is 1.52.